The van der Waals surface area contributed by atoms with Crippen molar-refractivity contribution in [2.45, 2.75) is 26.7 Å². The Morgan fingerprint density at radius 3 is 2.61 bits per heavy atom. The molecule has 0 aromatic carbocycles. The SMILES string of the molecule is CCOC(=O)COC(=O)CCc1c(C)noc1Cl. The number of rotatable bonds is 6. The van der Waals surface area contributed by atoms with Crippen molar-refractivity contribution < 1.29 is 23.6 Å². The predicted molar refractivity (Wildman–Crippen MR) is 62.2 cm³/mol. The third-order valence-corrected chi connectivity index (χ3v) is 2.47. The Kier molecular flexibility index (Phi) is 5.64. The average Bonchev–Trinajstić information content (AvgIpc) is 2.64. The fourth-order valence-electron chi connectivity index (χ4n) is 1.28. The molecular weight excluding hydrogens is 262 g/mol. The molecule has 1 aromatic heterocycles. The van der Waals surface area contributed by atoms with Gasteiger partial charge in [-0.05, 0) is 31.9 Å². The van der Waals surface area contributed by atoms with Gasteiger partial charge in [0.1, 0.15) is 0 Å². The molecule has 18 heavy (non-hydrogen) atoms. The molecule has 0 unspecified atom stereocenters. The van der Waals surface area contributed by atoms with Crippen molar-refractivity contribution in [2.24, 2.45) is 0 Å². The lowest BCUT2D eigenvalue weighted by Crippen LogP contribution is -2.16. The lowest BCUT2D eigenvalue weighted by molar-refractivity contribution is -0.158. The second kappa shape index (κ2) is 7.00. The number of hydrogen-bond acceptors (Lipinski definition) is 6. The molecule has 0 aliphatic heterocycles. The average molecular weight is 276 g/mol. The van der Waals surface area contributed by atoms with Gasteiger partial charge < -0.3 is 14.0 Å². The van der Waals surface area contributed by atoms with Gasteiger partial charge in [-0.2, -0.15) is 0 Å². The highest BCUT2D eigenvalue weighted by molar-refractivity contribution is 6.29. The number of aromatic nitrogens is 1. The number of esters is 2. The molecule has 0 N–H and O–H groups in total. The van der Waals surface area contributed by atoms with Crippen LogP contribution in [-0.2, 0) is 25.5 Å². The second-order valence-corrected chi connectivity index (χ2v) is 3.83. The Balaban J connectivity index is 2.31. The zero-order valence-corrected chi connectivity index (χ0v) is 11.0. The van der Waals surface area contributed by atoms with E-state index in [1.807, 2.05) is 0 Å². The molecule has 100 valence electrons. The van der Waals surface area contributed by atoms with E-state index in [2.05, 4.69) is 9.89 Å². The lowest BCUT2D eigenvalue weighted by atomic mass is 10.1. The first-order valence-electron chi connectivity index (χ1n) is 5.46. The number of ether oxygens (including phenoxy) is 2. The molecule has 0 bridgehead atoms. The maximum Gasteiger partial charge on any atom is 0.344 e. The molecule has 0 atom stereocenters. The summed E-state index contributed by atoms with van der Waals surface area (Å²) in [6.45, 7) is 3.29. The van der Waals surface area contributed by atoms with Gasteiger partial charge in [0.25, 0.3) is 0 Å². The topological polar surface area (TPSA) is 78.6 Å². The summed E-state index contributed by atoms with van der Waals surface area (Å²) in [4.78, 5) is 22.3. The van der Waals surface area contributed by atoms with Crippen LogP contribution in [0.15, 0.2) is 4.52 Å². The van der Waals surface area contributed by atoms with Crippen molar-refractivity contribution in [3.05, 3.63) is 16.5 Å². The van der Waals surface area contributed by atoms with E-state index >= 15 is 0 Å². The maximum absolute atomic E-state index is 11.3. The molecule has 0 aliphatic rings. The van der Waals surface area contributed by atoms with Gasteiger partial charge in [0.15, 0.2) is 6.61 Å². The van der Waals surface area contributed by atoms with E-state index in [9.17, 15) is 9.59 Å². The van der Waals surface area contributed by atoms with Crippen LogP contribution < -0.4 is 0 Å². The summed E-state index contributed by atoms with van der Waals surface area (Å²) in [5, 5.41) is 3.83. The number of carbonyl (C=O) groups excluding carboxylic acids is 2. The fourth-order valence-corrected chi connectivity index (χ4v) is 1.55. The van der Waals surface area contributed by atoms with Crippen LogP contribution in [0.3, 0.4) is 0 Å². The van der Waals surface area contributed by atoms with Crippen molar-refractivity contribution >= 4 is 23.5 Å². The summed E-state index contributed by atoms with van der Waals surface area (Å²) in [7, 11) is 0. The lowest BCUT2D eigenvalue weighted by Gasteiger charge is -2.04. The molecule has 0 spiro atoms. The predicted octanol–water partition coefficient (Wildman–Crippen LogP) is 1.68. The Morgan fingerprint density at radius 2 is 2.06 bits per heavy atom. The molecule has 1 rings (SSSR count). The van der Waals surface area contributed by atoms with Crippen molar-refractivity contribution in [3.8, 4) is 0 Å². The van der Waals surface area contributed by atoms with Gasteiger partial charge in [0.05, 0.1) is 12.3 Å². The van der Waals surface area contributed by atoms with Crippen LogP contribution in [0.4, 0.5) is 0 Å². The Labute approximate surface area is 109 Å². The first-order valence-corrected chi connectivity index (χ1v) is 5.84. The summed E-state index contributed by atoms with van der Waals surface area (Å²) in [5.41, 5.74) is 1.31. The van der Waals surface area contributed by atoms with Crippen molar-refractivity contribution in [1.29, 1.82) is 0 Å². The van der Waals surface area contributed by atoms with Gasteiger partial charge in [0.2, 0.25) is 5.22 Å². The minimum Gasteiger partial charge on any atom is -0.463 e. The molecule has 0 aliphatic carbocycles. The molecule has 6 nitrogen and oxygen atoms in total. The summed E-state index contributed by atoms with van der Waals surface area (Å²) >= 11 is 5.74. The van der Waals surface area contributed by atoms with Gasteiger partial charge in [-0.3, -0.25) is 4.79 Å². The van der Waals surface area contributed by atoms with E-state index in [1.54, 1.807) is 13.8 Å². The minimum atomic E-state index is -0.565. The Morgan fingerprint density at radius 1 is 1.33 bits per heavy atom. The van der Waals surface area contributed by atoms with E-state index < -0.39 is 11.9 Å². The van der Waals surface area contributed by atoms with Crippen LogP contribution in [0.5, 0.6) is 0 Å². The fraction of sp³-hybridized carbons (Fsp3) is 0.545. The first kappa shape index (κ1) is 14.5. The van der Waals surface area contributed by atoms with E-state index in [4.69, 9.17) is 20.9 Å². The van der Waals surface area contributed by atoms with Crippen LogP contribution in [0.1, 0.15) is 24.6 Å². The van der Waals surface area contributed by atoms with Crippen LogP contribution in [0.2, 0.25) is 5.22 Å². The Hall–Kier alpha value is -1.56. The third kappa shape index (κ3) is 4.37. The number of aryl methyl sites for hydroxylation is 1. The van der Waals surface area contributed by atoms with Crippen LogP contribution in [0, 0.1) is 6.92 Å². The van der Waals surface area contributed by atoms with Crippen molar-refractivity contribution in [3.63, 3.8) is 0 Å². The van der Waals surface area contributed by atoms with Crippen LogP contribution in [-0.4, -0.2) is 30.3 Å². The van der Waals surface area contributed by atoms with Gasteiger partial charge >= 0.3 is 11.9 Å². The van der Waals surface area contributed by atoms with Crippen molar-refractivity contribution in [1.82, 2.24) is 5.16 Å². The van der Waals surface area contributed by atoms with Gasteiger partial charge in [-0.15, -0.1) is 0 Å². The molecule has 7 heteroatoms. The number of hydrogen-bond donors (Lipinski definition) is 0. The van der Waals surface area contributed by atoms with E-state index in [0.29, 0.717) is 17.7 Å². The number of carbonyl (C=O) groups is 2. The molecule has 1 aromatic rings. The zero-order valence-electron chi connectivity index (χ0n) is 10.2. The first-order chi connectivity index (χ1) is 8.54. The highest BCUT2D eigenvalue weighted by Crippen LogP contribution is 2.20. The van der Waals surface area contributed by atoms with Crippen LogP contribution in [0.25, 0.3) is 0 Å². The quantitative estimate of drug-likeness (QED) is 0.735. The molecule has 0 saturated heterocycles. The van der Waals surface area contributed by atoms with Gasteiger partial charge in [-0.1, -0.05) is 5.16 Å². The van der Waals surface area contributed by atoms with Gasteiger partial charge in [-0.25, -0.2) is 4.79 Å². The maximum atomic E-state index is 11.3. The van der Waals surface area contributed by atoms with E-state index in [0.717, 1.165) is 0 Å². The minimum absolute atomic E-state index is 0.0984. The normalized spacial score (nSPS) is 10.2. The summed E-state index contributed by atoms with van der Waals surface area (Å²) < 4.78 is 14.1. The van der Waals surface area contributed by atoms with Crippen molar-refractivity contribution in [2.75, 3.05) is 13.2 Å². The number of nitrogens with zero attached hydrogens (tertiary/aromatic N) is 1. The standard InChI is InChI=1S/C11H14ClNO5/c1-3-16-10(15)6-17-9(14)5-4-8-7(2)13-18-11(8)12/h3-6H2,1-2H3. The van der Waals surface area contributed by atoms with Gasteiger partial charge in [0, 0.05) is 12.0 Å². The summed E-state index contributed by atoms with van der Waals surface area (Å²) in [6, 6.07) is 0. The largest absolute Gasteiger partial charge is 0.463 e. The second-order valence-electron chi connectivity index (χ2n) is 3.49. The Bertz CT molecular complexity index is 410. The molecule has 0 saturated carbocycles. The molecular formula is C11H14ClNO5. The number of halogens is 1. The molecule has 0 fully saturated rings. The monoisotopic (exact) mass is 275 g/mol. The summed E-state index contributed by atoms with van der Waals surface area (Å²) in [5.74, 6) is -1.07. The molecule has 1 heterocycles. The van der Waals surface area contributed by atoms with E-state index in [-0.39, 0.29) is 24.9 Å². The van der Waals surface area contributed by atoms with Crippen LogP contribution >= 0.6 is 11.6 Å². The highest BCUT2D eigenvalue weighted by atomic mass is 35.5. The smallest absolute Gasteiger partial charge is 0.344 e. The summed E-state index contributed by atoms with van der Waals surface area (Å²) in [6.07, 6.45) is 0.455. The molecule has 0 radical (unpaired) electrons. The van der Waals surface area contributed by atoms with E-state index in [1.165, 1.54) is 0 Å². The zero-order chi connectivity index (χ0) is 13.5. The molecule has 0 amide bonds. The third-order valence-electron chi connectivity index (χ3n) is 2.17. The highest BCUT2D eigenvalue weighted by Gasteiger charge is 2.14.